The summed E-state index contributed by atoms with van der Waals surface area (Å²) in [7, 11) is 1.82. The van der Waals surface area contributed by atoms with Crippen molar-refractivity contribution < 1.29 is 9.59 Å². The van der Waals surface area contributed by atoms with Crippen molar-refractivity contribution in [2.75, 3.05) is 31.6 Å². The van der Waals surface area contributed by atoms with E-state index in [-0.39, 0.29) is 24.9 Å². The summed E-state index contributed by atoms with van der Waals surface area (Å²) in [4.78, 5) is 29.5. The molecule has 1 heterocycles. The highest BCUT2D eigenvalue weighted by Gasteiger charge is 2.26. The quantitative estimate of drug-likeness (QED) is 0.886. The van der Waals surface area contributed by atoms with Gasteiger partial charge in [-0.1, -0.05) is 19.1 Å². The number of rotatable bonds is 5. The maximum atomic E-state index is 12.8. The molecule has 1 aliphatic heterocycles. The van der Waals surface area contributed by atoms with E-state index in [0.29, 0.717) is 11.3 Å². The molecule has 1 saturated carbocycles. The SMILES string of the molecule is C[C@@H]1CCN(C(=O)CN(C)CC(=O)NC2CC2)c2ccccc2S1. The van der Waals surface area contributed by atoms with Crippen molar-refractivity contribution in [1.29, 1.82) is 0 Å². The van der Waals surface area contributed by atoms with Gasteiger partial charge in [0, 0.05) is 22.7 Å². The molecule has 24 heavy (non-hydrogen) atoms. The lowest BCUT2D eigenvalue weighted by atomic mass is 10.2. The monoisotopic (exact) mass is 347 g/mol. The highest BCUT2D eigenvalue weighted by atomic mass is 32.2. The molecule has 0 radical (unpaired) electrons. The number of thioether (sulfide) groups is 1. The largest absolute Gasteiger partial charge is 0.352 e. The normalized spacial score (nSPS) is 20.5. The Bertz CT molecular complexity index is 618. The third kappa shape index (κ3) is 4.51. The van der Waals surface area contributed by atoms with Crippen LogP contribution in [0.4, 0.5) is 5.69 Å². The summed E-state index contributed by atoms with van der Waals surface area (Å²) in [6.07, 6.45) is 3.13. The zero-order valence-corrected chi connectivity index (χ0v) is 15.1. The number of benzene rings is 1. The second kappa shape index (κ2) is 7.57. The van der Waals surface area contributed by atoms with Gasteiger partial charge in [-0.25, -0.2) is 0 Å². The van der Waals surface area contributed by atoms with E-state index in [1.54, 1.807) is 4.90 Å². The Kier molecular flexibility index (Phi) is 5.46. The van der Waals surface area contributed by atoms with Gasteiger partial charge in [-0.2, -0.15) is 0 Å². The Morgan fingerprint density at radius 3 is 2.75 bits per heavy atom. The molecule has 1 aliphatic carbocycles. The predicted octanol–water partition coefficient (Wildman–Crippen LogP) is 2.11. The fraction of sp³-hybridized carbons (Fsp3) is 0.556. The number of amides is 2. The zero-order valence-electron chi connectivity index (χ0n) is 14.3. The van der Waals surface area contributed by atoms with E-state index in [1.165, 1.54) is 0 Å². The number of anilines is 1. The number of nitrogens with one attached hydrogen (secondary N) is 1. The summed E-state index contributed by atoms with van der Waals surface area (Å²) >= 11 is 1.83. The molecule has 0 saturated heterocycles. The van der Waals surface area contributed by atoms with Crippen LogP contribution >= 0.6 is 11.8 Å². The van der Waals surface area contributed by atoms with Crippen LogP contribution < -0.4 is 10.2 Å². The number of hydrogen-bond donors (Lipinski definition) is 1. The number of hydrogen-bond acceptors (Lipinski definition) is 4. The van der Waals surface area contributed by atoms with Gasteiger partial charge in [0.2, 0.25) is 11.8 Å². The van der Waals surface area contributed by atoms with Crippen LogP contribution in [0.15, 0.2) is 29.2 Å². The fourth-order valence-corrected chi connectivity index (χ4v) is 3.98. The Labute approximate surface area is 147 Å². The standard InChI is InChI=1S/C18H25N3O2S/c1-13-9-10-21(15-5-3-4-6-16(15)24-13)18(23)12-20(2)11-17(22)19-14-7-8-14/h3-6,13-14H,7-12H2,1-2H3,(H,19,22)/t13-/m1/s1. The lowest BCUT2D eigenvalue weighted by Gasteiger charge is -2.25. The van der Waals surface area contributed by atoms with Crippen molar-refractivity contribution in [2.24, 2.45) is 0 Å². The molecule has 6 heteroatoms. The predicted molar refractivity (Wildman–Crippen MR) is 97.4 cm³/mol. The molecule has 0 unspecified atom stereocenters. The van der Waals surface area contributed by atoms with Crippen molar-refractivity contribution >= 4 is 29.3 Å². The summed E-state index contributed by atoms with van der Waals surface area (Å²) in [5.74, 6) is 0.0621. The van der Waals surface area contributed by atoms with Gasteiger partial charge < -0.3 is 10.2 Å². The van der Waals surface area contributed by atoms with Crippen molar-refractivity contribution in [3.8, 4) is 0 Å². The highest BCUT2D eigenvalue weighted by molar-refractivity contribution is 8.00. The lowest BCUT2D eigenvalue weighted by Crippen LogP contribution is -2.43. The van der Waals surface area contributed by atoms with Gasteiger partial charge in [-0.15, -0.1) is 11.8 Å². The second-order valence-corrected chi connectivity index (χ2v) is 8.22. The van der Waals surface area contributed by atoms with Gasteiger partial charge >= 0.3 is 0 Å². The van der Waals surface area contributed by atoms with Crippen LogP contribution in [-0.4, -0.2) is 54.7 Å². The zero-order chi connectivity index (χ0) is 17.1. The molecule has 0 aromatic heterocycles. The number of carbonyl (C=O) groups excluding carboxylic acids is 2. The summed E-state index contributed by atoms with van der Waals surface area (Å²) in [5.41, 5.74) is 0.993. The summed E-state index contributed by atoms with van der Waals surface area (Å²) in [5, 5.41) is 3.45. The van der Waals surface area contributed by atoms with Gasteiger partial charge in [-0.3, -0.25) is 14.5 Å². The first-order valence-electron chi connectivity index (χ1n) is 8.57. The number of para-hydroxylation sites is 1. The van der Waals surface area contributed by atoms with Gasteiger partial charge in [0.05, 0.1) is 18.8 Å². The summed E-state index contributed by atoms with van der Waals surface area (Å²) < 4.78 is 0. The van der Waals surface area contributed by atoms with Crippen LogP contribution in [0.25, 0.3) is 0 Å². The maximum absolute atomic E-state index is 12.8. The van der Waals surface area contributed by atoms with Crippen LogP contribution in [0.5, 0.6) is 0 Å². The van der Waals surface area contributed by atoms with Crippen LogP contribution in [-0.2, 0) is 9.59 Å². The first kappa shape index (κ1) is 17.3. The van der Waals surface area contributed by atoms with Crippen LogP contribution in [0.2, 0.25) is 0 Å². The third-order valence-electron chi connectivity index (χ3n) is 4.31. The first-order chi connectivity index (χ1) is 11.5. The van der Waals surface area contributed by atoms with Gasteiger partial charge in [-0.05, 0) is 38.4 Å². The van der Waals surface area contributed by atoms with Gasteiger partial charge in [0.25, 0.3) is 0 Å². The van der Waals surface area contributed by atoms with E-state index in [0.717, 1.165) is 36.4 Å². The molecular formula is C18H25N3O2S. The van der Waals surface area contributed by atoms with Crippen molar-refractivity contribution in [1.82, 2.24) is 10.2 Å². The Balaban J connectivity index is 1.62. The molecule has 3 rings (SSSR count). The van der Waals surface area contributed by atoms with E-state index >= 15 is 0 Å². The molecule has 2 amide bonds. The highest BCUT2D eigenvalue weighted by Crippen LogP contribution is 2.37. The first-order valence-corrected chi connectivity index (χ1v) is 9.45. The van der Waals surface area contributed by atoms with Crippen LogP contribution in [0.3, 0.4) is 0 Å². The van der Waals surface area contributed by atoms with E-state index in [1.807, 2.05) is 41.9 Å². The fourth-order valence-electron chi connectivity index (χ4n) is 2.86. The molecule has 5 nitrogen and oxygen atoms in total. The minimum absolute atomic E-state index is 0.00763. The van der Waals surface area contributed by atoms with Crippen LogP contribution in [0, 0.1) is 0 Å². The molecular weight excluding hydrogens is 322 g/mol. The number of fused-ring (bicyclic) bond motifs is 1. The van der Waals surface area contributed by atoms with E-state index in [2.05, 4.69) is 18.3 Å². The Hall–Kier alpha value is -1.53. The molecule has 1 aromatic rings. The summed E-state index contributed by atoms with van der Waals surface area (Å²) in [6, 6.07) is 8.44. The minimum Gasteiger partial charge on any atom is -0.352 e. The number of carbonyl (C=O) groups is 2. The van der Waals surface area contributed by atoms with Crippen molar-refractivity contribution in [2.45, 2.75) is 42.4 Å². The Morgan fingerprint density at radius 1 is 1.25 bits per heavy atom. The molecule has 1 atom stereocenters. The van der Waals surface area contributed by atoms with E-state index < -0.39 is 0 Å². The minimum atomic E-state index is 0.00763. The van der Waals surface area contributed by atoms with Gasteiger partial charge in [0.15, 0.2) is 0 Å². The molecule has 1 aromatic carbocycles. The smallest absolute Gasteiger partial charge is 0.241 e. The third-order valence-corrected chi connectivity index (χ3v) is 5.54. The molecule has 1 N–H and O–H groups in total. The maximum Gasteiger partial charge on any atom is 0.241 e. The number of likely N-dealkylation sites (N-methyl/N-ethyl adjacent to an activating group) is 1. The molecule has 0 bridgehead atoms. The summed E-state index contributed by atoms with van der Waals surface area (Å²) in [6.45, 7) is 3.45. The van der Waals surface area contributed by atoms with Gasteiger partial charge in [0.1, 0.15) is 0 Å². The average molecular weight is 347 g/mol. The second-order valence-electron chi connectivity index (χ2n) is 6.74. The molecule has 130 valence electrons. The van der Waals surface area contributed by atoms with Crippen LogP contribution in [0.1, 0.15) is 26.2 Å². The topological polar surface area (TPSA) is 52.7 Å². The Morgan fingerprint density at radius 2 is 2.00 bits per heavy atom. The molecule has 0 spiro atoms. The lowest BCUT2D eigenvalue weighted by molar-refractivity contribution is -0.123. The molecule has 1 fully saturated rings. The van der Waals surface area contributed by atoms with E-state index in [4.69, 9.17) is 0 Å². The van der Waals surface area contributed by atoms with Crippen molar-refractivity contribution in [3.63, 3.8) is 0 Å². The number of nitrogens with zero attached hydrogens (tertiary/aromatic N) is 2. The van der Waals surface area contributed by atoms with Crippen molar-refractivity contribution in [3.05, 3.63) is 24.3 Å². The van der Waals surface area contributed by atoms with E-state index in [9.17, 15) is 9.59 Å². The molecule has 2 aliphatic rings. The average Bonchev–Trinajstić information content (AvgIpc) is 3.33.